The summed E-state index contributed by atoms with van der Waals surface area (Å²) in [7, 11) is 0. The minimum absolute atomic E-state index is 0.155. The highest BCUT2D eigenvalue weighted by molar-refractivity contribution is 6.30. The number of rotatable bonds is 3. The first-order chi connectivity index (χ1) is 10.1. The second-order valence-corrected chi connectivity index (χ2v) is 4.99. The molecule has 8 heteroatoms. The molecule has 108 valence electrons. The number of pyridine rings is 1. The highest BCUT2D eigenvalue weighted by Gasteiger charge is 2.15. The van der Waals surface area contributed by atoms with Gasteiger partial charge in [0.15, 0.2) is 5.82 Å². The minimum Gasteiger partial charge on any atom is -0.394 e. The van der Waals surface area contributed by atoms with E-state index in [-0.39, 0.29) is 23.4 Å². The van der Waals surface area contributed by atoms with E-state index >= 15 is 0 Å². The molecule has 3 aromatic heterocycles. The molecule has 3 aromatic rings. The van der Waals surface area contributed by atoms with Crippen molar-refractivity contribution in [2.45, 2.75) is 13.0 Å². The molecule has 0 bridgehead atoms. The van der Waals surface area contributed by atoms with Crippen LogP contribution in [0.15, 0.2) is 35.6 Å². The van der Waals surface area contributed by atoms with E-state index in [0.29, 0.717) is 16.7 Å². The topological polar surface area (TPSA) is 85.8 Å². The van der Waals surface area contributed by atoms with Crippen molar-refractivity contribution >= 4 is 22.5 Å². The quantitative estimate of drug-likeness (QED) is 0.734. The Hall–Kier alpha value is -2.25. The van der Waals surface area contributed by atoms with Crippen LogP contribution in [0, 0.1) is 0 Å². The van der Waals surface area contributed by atoms with Gasteiger partial charge >= 0.3 is 0 Å². The number of hydrogen-bond acceptors (Lipinski definition) is 5. The number of nitrogens with zero attached hydrogens (tertiary/aromatic N) is 5. The molecule has 1 N–H and O–H groups in total. The summed E-state index contributed by atoms with van der Waals surface area (Å²) < 4.78 is 2.87. The first kappa shape index (κ1) is 13.7. The van der Waals surface area contributed by atoms with Gasteiger partial charge in [-0.3, -0.25) is 9.36 Å². The third-order valence-electron chi connectivity index (χ3n) is 3.18. The van der Waals surface area contributed by atoms with Crippen LogP contribution in [-0.2, 0) is 0 Å². The minimum atomic E-state index is -0.366. The molecule has 1 atom stereocenters. The van der Waals surface area contributed by atoms with Crippen molar-refractivity contribution in [2.75, 3.05) is 6.61 Å². The van der Waals surface area contributed by atoms with Crippen molar-refractivity contribution in [1.82, 2.24) is 24.3 Å². The monoisotopic (exact) mass is 305 g/mol. The molecule has 0 saturated carbocycles. The summed E-state index contributed by atoms with van der Waals surface area (Å²) in [6.07, 6.45) is 4.69. The van der Waals surface area contributed by atoms with Gasteiger partial charge in [0.25, 0.3) is 5.56 Å². The second kappa shape index (κ2) is 5.27. The maximum Gasteiger partial charge on any atom is 0.261 e. The summed E-state index contributed by atoms with van der Waals surface area (Å²) >= 11 is 6.00. The van der Waals surface area contributed by atoms with Gasteiger partial charge in [0, 0.05) is 12.4 Å². The molecule has 0 aromatic carbocycles. The van der Waals surface area contributed by atoms with E-state index in [9.17, 15) is 9.90 Å². The Morgan fingerprint density at radius 3 is 2.95 bits per heavy atom. The van der Waals surface area contributed by atoms with E-state index in [0.717, 1.165) is 0 Å². The lowest BCUT2D eigenvalue weighted by atomic mass is 10.2. The number of aliphatic hydroxyl groups is 1. The fraction of sp³-hybridized carbons (Fsp3) is 0.231. The Kier molecular flexibility index (Phi) is 3.44. The first-order valence-electron chi connectivity index (χ1n) is 6.30. The van der Waals surface area contributed by atoms with Crippen LogP contribution in [0.2, 0.25) is 5.15 Å². The average Bonchev–Trinajstić information content (AvgIpc) is 3.01. The molecule has 0 aliphatic heterocycles. The molecular formula is C13H12ClN5O2. The summed E-state index contributed by atoms with van der Waals surface area (Å²) in [6, 6.07) is 2.85. The van der Waals surface area contributed by atoms with Crippen molar-refractivity contribution in [3.63, 3.8) is 0 Å². The molecule has 7 nitrogen and oxygen atoms in total. The molecule has 21 heavy (non-hydrogen) atoms. The summed E-state index contributed by atoms with van der Waals surface area (Å²) in [5.41, 5.74) is 0.133. The number of aliphatic hydroxyl groups excluding tert-OH is 1. The van der Waals surface area contributed by atoms with E-state index in [1.165, 1.54) is 21.6 Å². The van der Waals surface area contributed by atoms with E-state index < -0.39 is 0 Å². The predicted octanol–water partition coefficient (Wildman–Crippen LogP) is 1.18. The number of fused-ring (bicyclic) bond motifs is 1. The standard InChI is InChI=1S/C13H12ClN5O2/c1-8(6-20)18-7-15-11-9(13(18)21)5-10(14)17-12(11)19-4-2-3-16-19/h2-5,7-8,20H,6H2,1H3. The lowest BCUT2D eigenvalue weighted by molar-refractivity contribution is 0.236. The zero-order valence-electron chi connectivity index (χ0n) is 11.1. The Bertz CT molecular complexity index is 844. The smallest absolute Gasteiger partial charge is 0.261 e. The third kappa shape index (κ3) is 2.30. The van der Waals surface area contributed by atoms with Crippen molar-refractivity contribution in [2.24, 2.45) is 0 Å². The van der Waals surface area contributed by atoms with Crippen LogP contribution in [0.25, 0.3) is 16.7 Å². The molecule has 0 amide bonds. The van der Waals surface area contributed by atoms with E-state index in [4.69, 9.17) is 11.6 Å². The average molecular weight is 306 g/mol. The summed E-state index contributed by atoms with van der Waals surface area (Å²) in [6.45, 7) is 1.57. The molecule has 0 aliphatic carbocycles. The van der Waals surface area contributed by atoms with Crippen LogP contribution >= 0.6 is 11.6 Å². The van der Waals surface area contributed by atoms with Crippen molar-refractivity contribution in [3.8, 4) is 5.82 Å². The summed E-state index contributed by atoms with van der Waals surface area (Å²) in [5, 5.41) is 13.8. The van der Waals surface area contributed by atoms with Gasteiger partial charge < -0.3 is 5.11 Å². The lowest BCUT2D eigenvalue weighted by Crippen LogP contribution is -2.26. The zero-order chi connectivity index (χ0) is 15.0. The first-order valence-corrected chi connectivity index (χ1v) is 6.68. The van der Waals surface area contributed by atoms with Gasteiger partial charge in [0.2, 0.25) is 0 Å². The highest BCUT2D eigenvalue weighted by atomic mass is 35.5. The van der Waals surface area contributed by atoms with Gasteiger partial charge in [-0.25, -0.2) is 14.6 Å². The third-order valence-corrected chi connectivity index (χ3v) is 3.37. The Balaban J connectivity index is 2.34. The number of halogens is 1. The van der Waals surface area contributed by atoms with Gasteiger partial charge in [-0.15, -0.1) is 0 Å². The van der Waals surface area contributed by atoms with Crippen LogP contribution in [0.3, 0.4) is 0 Å². The van der Waals surface area contributed by atoms with Gasteiger partial charge in [-0.1, -0.05) is 11.6 Å². The van der Waals surface area contributed by atoms with Gasteiger partial charge in [-0.2, -0.15) is 5.10 Å². The molecule has 1 unspecified atom stereocenters. The largest absolute Gasteiger partial charge is 0.394 e. The normalized spacial score (nSPS) is 12.7. The van der Waals surface area contributed by atoms with Crippen LogP contribution in [-0.4, -0.2) is 36.0 Å². The van der Waals surface area contributed by atoms with Gasteiger partial charge in [-0.05, 0) is 19.1 Å². The molecule has 0 saturated heterocycles. The van der Waals surface area contributed by atoms with Gasteiger partial charge in [0.1, 0.15) is 10.7 Å². The molecule has 0 fully saturated rings. The molecule has 0 aliphatic rings. The van der Waals surface area contributed by atoms with Crippen LogP contribution in [0.5, 0.6) is 0 Å². The van der Waals surface area contributed by atoms with Crippen molar-refractivity contribution in [3.05, 3.63) is 46.4 Å². The van der Waals surface area contributed by atoms with Crippen molar-refractivity contribution < 1.29 is 5.11 Å². The Morgan fingerprint density at radius 2 is 2.29 bits per heavy atom. The number of aromatic nitrogens is 5. The Morgan fingerprint density at radius 1 is 1.48 bits per heavy atom. The molecule has 3 heterocycles. The fourth-order valence-corrected chi connectivity index (χ4v) is 2.24. The maximum atomic E-state index is 12.5. The maximum absolute atomic E-state index is 12.5. The molecular weight excluding hydrogens is 294 g/mol. The van der Waals surface area contributed by atoms with Gasteiger partial charge in [0.05, 0.1) is 24.4 Å². The number of hydrogen-bond donors (Lipinski definition) is 1. The highest BCUT2D eigenvalue weighted by Crippen LogP contribution is 2.19. The fourth-order valence-electron chi connectivity index (χ4n) is 2.05. The summed E-state index contributed by atoms with van der Waals surface area (Å²) in [5.74, 6) is 0.392. The zero-order valence-corrected chi connectivity index (χ0v) is 11.9. The predicted molar refractivity (Wildman–Crippen MR) is 77.7 cm³/mol. The van der Waals surface area contributed by atoms with Crippen LogP contribution in [0.4, 0.5) is 0 Å². The summed E-state index contributed by atoms with van der Waals surface area (Å²) in [4.78, 5) is 21.0. The molecule has 0 radical (unpaired) electrons. The van der Waals surface area contributed by atoms with Crippen LogP contribution < -0.4 is 5.56 Å². The van der Waals surface area contributed by atoms with E-state index in [1.807, 2.05) is 0 Å². The Labute approximate surface area is 124 Å². The van der Waals surface area contributed by atoms with Crippen molar-refractivity contribution in [1.29, 1.82) is 0 Å². The lowest BCUT2D eigenvalue weighted by Gasteiger charge is -2.13. The van der Waals surface area contributed by atoms with E-state index in [2.05, 4.69) is 15.1 Å². The molecule has 3 rings (SSSR count). The van der Waals surface area contributed by atoms with E-state index in [1.54, 1.807) is 25.4 Å². The molecule has 0 spiro atoms. The van der Waals surface area contributed by atoms with Crippen LogP contribution in [0.1, 0.15) is 13.0 Å². The second-order valence-electron chi connectivity index (χ2n) is 4.60. The SMILES string of the molecule is CC(CO)n1cnc2c(-n3cccn3)nc(Cl)cc2c1=O.